The van der Waals surface area contributed by atoms with Crippen molar-refractivity contribution >= 4 is 43.7 Å². The van der Waals surface area contributed by atoms with Gasteiger partial charge in [0, 0.05) is 16.7 Å². The van der Waals surface area contributed by atoms with E-state index in [0.717, 1.165) is 4.47 Å². The van der Waals surface area contributed by atoms with Crippen LogP contribution >= 0.6 is 31.9 Å². The van der Waals surface area contributed by atoms with Crippen LogP contribution in [0.1, 0.15) is 24.3 Å². The summed E-state index contributed by atoms with van der Waals surface area (Å²) in [6.07, 6.45) is 1.64. The van der Waals surface area contributed by atoms with Crippen molar-refractivity contribution in [3.63, 3.8) is 0 Å². The van der Waals surface area contributed by atoms with E-state index < -0.39 is 11.9 Å². The molecule has 1 aromatic heterocycles. The predicted octanol–water partition coefficient (Wildman–Crippen LogP) is 0.803. The fourth-order valence-corrected chi connectivity index (χ4v) is 3.52. The number of carbonyl (C=O) groups excluding carboxylic acids is 2. The Morgan fingerprint density at radius 2 is 2.00 bits per heavy atom. The van der Waals surface area contributed by atoms with Crippen molar-refractivity contribution < 1.29 is 9.59 Å². The molecule has 0 aromatic carbocycles. The summed E-state index contributed by atoms with van der Waals surface area (Å²) in [4.78, 5) is 26.6. The monoisotopic (exact) mass is 421 g/mol. The number of hydrogen-bond acceptors (Lipinski definition) is 4. The predicted molar refractivity (Wildman–Crippen MR) is 85.5 cm³/mol. The Labute approximate surface area is 139 Å². The van der Waals surface area contributed by atoms with Crippen LogP contribution in [-0.4, -0.2) is 33.7 Å². The molecule has 0 bridgehead atoms. The molecule has 1 aromatic rings. The number of nitrogens with one attached hydrogen (secondary N) is 5. The number of H-pyrrole nitrogens is 1. The second-order valence-electron chi connectivity index (χ2n) is 5.16. The third kappa shape index (κ3) is 3.85. The van der Waals surface area contributed by atoms with Gasteiger partial charge in [0.15, 0.2) is 0 Å². The van der Waals surface area contributed by atoms with Gasteiger partial charge in [0.2, 0.25) is 0 Å². The first kappa shape index (κ1) is 16.5. The lowest BCUT2D eigenvalue weighted by Crippen LogP contribution is -2.52. The van der Waals surface area contributed by atoms with Gasteiger partial charge in [0.1, 0.15) is 11.7 Å². The summed E-state index contributed by atoms with van der Waals surface area (Å²) in [5, 5.41) is 0. The molecule has 5 N–H and O–H groups in total. The standard InChI is InChI=1S/C12H17Br2N5O2/c1-5(2)9-8(14)10(17-16-9)12(21)19-18-11(20)7-3-6(13)4-15-7/h3-5,8-10,15-17H,1-2H3,(H,18,20)(H,19,21). The molecule has 1 fully saturated rings. The van der Waals surface area contributed by atoms with Crippen LogP contribution in [0.3, 0.4) is 0 Å². The highest BCUT2D eigenvalue weighted by molar-refractivity contribution is 9.10. The van der Waals surface area contributed by atoms with Gasteiger partial charge < -0.3 is 4.98 Å². The van der Waals surface area contributed by atoms with E-state index in [1.165, 1.54) is 0 Å². The number of carbonyl (C=O) groups is 2. The van der Waals surface area contributed by atoms with Crippen LogP contribution in [0.5, 0.6) is 0 Å². The minimum Gasteiger partial charge on any atom is -0.356 e. The highest BCUT2D eigenvalue weighted by Gasteiger charge is 2.39. The van der Waals surface area contributed by atoms with Gasteiger partial charge in [-0.25, -0.2) is 5.43 Å². The van der Waals surface area contributed by atoms with E-state index in [0.29, 0.717) is 11.6 Å². The van der Waals surface area contributed by atoms with Crippen molar-refractivity contribution in [2.24, 2.45) is 5.92 Å². The normalized spacial score (nSPS) is 25.1. The van der Waals surface area contributed by atoms with Gasteiger partial charge in [0.05, 0.1) is 4.83 Å². The Balaban J connectivity index is 1.86. The van der Waals surface area contributed by atoms with Crippen molar-refractivity contribution in [2.75, 3.05) is 0 Å². The Hall–Kier alpha value is -0.900. The minimum atomic E-state index is -0.465. The molecule has 21 heavy (non-hydrogen) atoms. The van der Waals surface area contributed by atoms with E-state index in [9.17, 15) is 9.59 Å². The van der Waals surface area contributed by atoms with Gasteiger partial charge in [-0.05, 0) is 27.9 Å². The van der Waals surface area contributed by atoms with Crippen LogP contribution < -0.4 is 21.7 Å². The second-order valence-corrected chi connectivity index (χ2v) is 7.13. The Kier molecular flexibility index (Phi) is 5.42. The third-order valence-electron chi connectivity index (χ3n) is 3.26. The molecule has 2 heterocycles. The zero-order valence-electron chi connectivity index (χ0n) is 11.5. The topological polar surface area (TPSA) is 98.0 Å². The number of hydrogen-bond donors (Lipinski definition) is 5. The first-order valence-electron chi connectivity index (χ1n) is 6.49. The number of amides is 2. The van der Waals surface area contributed by atoms with Gasteiger partial charge in [-0.1, -0.05) is 29.8 Å². The average Bonchev–Trinajstić information content (AvgIpc) is 3.01. The van der Waals surface area contributed by atoms with E-state index in [4.69, 9.17) is 0 Å². The first-order valence-corrected chi connectivity index (χ1v) is 8.20. The molecule has 2 rings (SSSR count). The molecule has 0 saturated carbocycles. The quantitative estimate of drug-likeness (QED) is 0.367. The Morgan fingerprint density at radius 1 is 1.29 bits per heavy atom. The highest BCUT2D eigenvalue weighted by Crippen LogP contribution is 2.21. The smallest absolute Gasteiger partial charge is 0.286 e. The van der Waals surface area contributed by atoms with Crippen LogP contribution in [-0.2, 0) is 4.79 Å². The zero-order valence-corrected chi connectivity index (χ0v) is 14.7. The summed E-state index contributed by atoms with van der Waals surface area (Å²) >= 11 is 6.76. The molecule has 7 nitrogen and oxygen atoms in total. The fourth-order valence-electron chi connectivity index (χ4n) is 2.06. The Bertz CT molecular complexity index is 533. The van der Waals surface area contributed by atoms with Gasteiger partial charge in [-0.3, -0.25) is 25.9 Å². The van der Waals surface area contributed by atoms with Crippen LogP contribution in [0.15, 0.2) is 16.7 Å². The van der Waals surface area contributed by atoms with Gasteiger partial charge in [0.25, 0.3) is 11.8 Å². The van der Waals surface area contributed by atoms with Crippen LogP contribution in [0.2, 0.25) is 0 Å². The maximum Gasteiger partial charge on any atom is 0.286 e. The summed E-state index contributed by atoms with van der Waals surface area (Å²) < 4.78 is 0.765. The molecular weight excluding hydrogens is 406 g/mol. The molecule has 116 valence electrons. The summed E-state index contributed by atoms with van der Waals surface area (Å²) in [6.45, 7) is 4.14. The maximum absolute atomic E-state index is 12.1. The lowest BCUT2D eigenvalue weighted by molar-refractivity contribution is -0.123. The van der Waals surface area contributed by atoms with Crippen molar-refractivity contribution in [1.82, 2.24) is 26.7 Å². The SMILES string of the molecule is CC(C)C1NNC(C(=O)NNC(=O)c2cc(Br)c[nH]2)C1Br. The molecule has 1 saturated heterocycles. The van der Waals surface area contributed by atoms with E-state index in [1.54, 1.807) is 12.3 Å². The van der Waals surface area contributed by atoms with Crippen molar-refractivity contribution in [3.8, 4) is 0 Å². The fraction of sp³-hybridized carbons (Fsp3) is 0.500. The summed E-state index contributed by atoms with van der Waals surface area (Å²) in [7, 11) is 0. The first-order chi connectivity index (χ1) is 9.90. The number of aromatic amines is 1. The van der Waals surface area contributed by atoms with Crippen molar-refractivity contribution in [2.45, 2.75) is 30.8 Å². The van der Waals surface area contributed by atoms with E-state index >= 15 is 0 Å². The molecule has 1 aliphatic rings. The third-order valence-corrected chi connectivity index (χ3v) is 4.82. The molecule has 2 amide bonds. The zero-order chi connectivity index (χ0) is 15.6. The number of alkyl halides is 1. The molecular formula is C12H17Br2N5O2. The molecule has 0 spiro atoms. The van der Waals surface area contributed by atoms with Crippen LogP contribution in [0.25, 0.3) is 0 Å². The molecule has 0 aliphatic carbocycles. The van der Waals surface area contributed by atoms with E-state index in [1.807, 2.05) is 0 Å². The summed E-state index contributed by atoms with van der Waals surface area (Å²) in [5.41, 5.74) is 11.2. The van der Waals surface area contributed by atoms with E-state index in [2.05, 4.69) is 72.4 Å². The summed E-state index contributed by atoms with van der Waals surface area (Å²) in [6, 6.07) is 1.29. The highest BCUT2D eigenvalue weighted by atomic mass is 79.9. The van der Waals surface area contributed by atoms with Crippen LogP contribution in [0.4, 0.5) is 0 Å². The van der Waals surface area contributed by atoms with Gasteiger partial charge in [-0.2, -0.15) is 0 Å². The summed E-state index contributed by atoms with van der Waals surface area (Å²) in [5.74, 6) is -0.358. The molecule has 9 heteroatoms. The van der Waals surface area contributed by atoms with Crippen molar-refractivity contribution in [1.29, 1.82) is 0 Å². The van der Waals surface area contributed by atoms with Gasteiger partial charge >= 0.3 is 0 Å². The van der Waals surface area contributed by atoms with Crippen LogP contribution in [0, 0.1) is 5.92 Å². The average molecular weight is 423 g/mol. The second kappa shape index (κ2) is 6.91. The number of aromatic nitrogens is 1. The van der Waals surface area contributed by atoms with Gasteiger partial charge in [-0.15, -0.1) is 0 Å². The number of halogens is 2. The number of hydrazine groups is 2. The largest absolute Gasteiger partial charge is 0.356 e. The lowest BCUT2D eigenvalue weighted by atomic mass is 9.99. The molecule has 0 radical (unpaired) electrons. The number of rotatable bonds is 3. The van der Waals surface area contributed by atoms with Crippen molar-refractivity contribution in [3.05, 3.63) is 22.4 Å². The Morgan fingerprint density at radius 3 is 2.52 bits per heavy atom. The minimum absolute atomic E-state index is 0.0611. The maximum atomic E-state index is 12.1. The molecule has 1 aliphatic heterocycles. The lowest BCUT2D eigenvalue weighted by Gasteiger charge is -2.19. The molecule has 3 atom stereocenters. The molecule has 3 unspecified atom stereocenters. The van der Waals surface area contributed by atoms with E-state index in [-0.39, 0.29) is 16.8 Å².